The Morgan fingerprint density at radius 1 is 0.960 bits per heavy atom. The second-order valence-corrected chi connectivity index (χ2v) is 5.42. The summed E-state index contributed by atoms with van der Waals surface area (Å²) in [6.07, 6.45) is 5.08. The van der Waals surface area contributed by atoms with Crippen molar-refractivity contribution in [3.8, 4) is 5.75 Å². The van der Waals surface area contributed by atoms with Crippen molar-refractivity contribution in [2.45, 2.75) is 6.61 Å². The minimum Gasteiger partial charge on any atom is -0.488 e. The molecule has 3 rings (SSSR count). The first-order valence-corrected chi connectivity index (χ1v) is 7.85. The second kappa shape index (κ2) is 7.93. The van der Waals surface area contributed by atoms with E-state index in [1.807, 2.05) is 66.7 Å². The van der Waals surface area contributed by atoms with E-state index in [1.54, 1.807) is 6.07 Å². The molecule has 0 bridgehead atoms. The molecule has 0 amide bonds. The number of carboxylic acid groups (broad SMARTS) is 1. The van der Waals surface area contributed by atoms with Crippen molar-refractivity contribution in [3.63, 3.8) is 0 Å². The lowest BCUT2D eigenvalue weighted by Crippen LogP contribution is -1.97. The molecule has 0 fully saturated rings. The third-order valence-electron chi connectivity index (χ3n) is 3.62. The fraction of sp³-hybridized carbons (Fsp3) is 0.0476. The molecule has 1 heterocycles. The number of ether oxygens (including phenoxy) is 1. The van der Waals surface area contributed by atoms with Crippen molar-refractivity contribution in [2.24, 2.45) is 0 Å². The van der Waals surface area contributed by atoms with Crippen molar-refractivity contribution in [3.05, 3.63) is 95.3 Å². The number of nitrogens with zero attached hydrogens (tertiary/aromatic N) is 1. The Morgan fingerprint density at radius 2 is 1.72 bits per heavy atom. The lowest BCUT2D eigenvalue weighted by Gasteiger charge is -2.09. The SMILES string of the molecule is O=C(O)c1ccc(/C=C/c2ccccc2OCc2ccccc2)nc1. The van der Waals surface area contributed by atoms with Gasteiger partial charge in [-0.05, 0) is 35.9 Å². The standard InChI is InChI=1S/C21H17NO3/c23-21(24)18-11-13-19(22-14-18)12-10-17-8-4-5-9-20(17)25-15-16-6-2-1-3-7-16/h1-14H,15H2,(H,23,24)/b12-10+. The van der Waals surface area contributed by atoms with Gasteiger partial charge in [-0.3, -0.25) is 4.98 Å². The van der Waals surface area contributed by atoms with Crippen LogP contribution in [0, 0.1) is 0 Å². The van der Waals surface area contributed by atoms with Crippen LogP contribution in [0.5, 0.6) is 5.75 Å². The lowest BCUT2D eigenvalue weighted by molar-refractivity contribution is 0.0696. The quantitative estimate of drug-likeness (QED) is 0.721. The van der Waals surface area contributed by atoms with Crippen molar-refractivity contribution < 1.29 is 14.6 Å². The van der Waals surface area contributed by atoms with E-state index < -0.39 is 5.97 Å². The van der Waals surface area contributed by atoms with Crippen LogP contribution < -0.4 is 4.74 Å². The molecule has 0 aliphatic rings. The van der Waals surface area contributed by atoms with Gasteiger partial charge in [0.05, 0.1) is 11.3 Å². The van der Waals surface area contributed by atoms with Gasteiger partial charge in [-0.2, -0.15) is 0 Å². The lowest BCUT2D eigenvalue weighted by atomic mass is 10.1. The van der Waals surface area contributed by atoms with E-state index in [0.717, 1.165) is 16.9 Å². The van der Waals surface area contributed by atoms with Crippen LogP contribution in [0.4, 0.5) is 0 Å². The van der Waals surface area contributed by atoms with Gasteiger partial charge in [-0.1, -0.05) is 48.5 Å². The highest BCUT2D eigenvalue weighted by Crippen LogP contribution is 2.21. The maximum absolute atomic E-state index is 10.9. The van der Waals surface area contributed by atoms with Crippen molar-refractivity contribution in [1.29, 1.82) is 0 Å². The van der Waals surface area contributed by atoms with Crippen LogP contribution in [0.3, 0.4) is 0 Å². The topological polar surface area (TPSA) is 59.4 Å². The highest BCUT2D eigenvalue weighted by Gasteiger charge is 2.03. The summed E-state index contributed by atoms with van der Waals surface area (Å²) in [5, 5.41) is 8.90. The zero-order chi connectivity index (χ0) is 17.5. The van der Waals surface area contributed by atoms with Crippen LogP contribution in [0.2, 0.25) is 0 Å². The summed E-state index contributed by atoms with van der Waals surface area (Å²) in [4.78, 5) is 15.0. The fourth-order valence-electron chi connectivity index (χ4n) is 2.29. The highest BCUT2D eigenvalue weighted by atomic mass is 16.5. The van der Waals surface area contributed by atoms with E-state index in [9.17, 15) is 4.79 Å². The molecule has 1 N–H and O–H groups in total. The fourth-order valence-corrected chi connectivity index (χ4v) is 2.29. The summed E-state index contributed by atoms with van der Waals surface area (Å²) in [6.45, 7) is 0.497. The minimum absolute atomic E-state index is 0.170. The van der Waals surface area contributed by atoms with Gasteiger partial charge in [0.25, 0.3) is 0 Å². The Kier molecular flexibility index (Phi) is 5.22. The molecular formula is C21H17NO3. The van der Waals surface area contributed by atoms with E-state index in [1.165, 1.54) is 12.3 Å². The number of rotatable bonds is 6. The highest BCUT2D eigenvalue weighted by molar-refractivity contribution is 5.87. The van der Waals surface area contributed by atoms with Crippen LogP contribution in [0.25, 0.3) is 12.2 Å². The Morgan fingerprint density at radius 3 is 2.44 bits per heavy atom. The Balaban J connectivity index is 1.73. The van der Waals surface area contributed by atoms with Crippen LogP contribution in [-0.4, -0.2) is 16.1 Å². The van der Waals surface area contributed by atoms with Gasteiger partial charge in [0.2, 0.25) is 0 Å². The Labute approximate surface area is 146 Å². The molecule has 0 saturated carbocycles. The van der Waals surface area contributed by atoms with Crippen LogP contribution in [0.15, 0.2) is 72.9 Å². The molecule has 2 aromatic carbocycles. The monoisotopic (exact) mass is 331 g/mol. The van der Waals surface area contributed by atoms with Crippen molar-refractivity contribution >= 4 is 18.1 Å². The number of hydrogen-bond donors (Lipinski definition) is 1. The average molecular weight is 331 g/mol. The van der Waals surface area contributed by atoms with Gasteiger partial charge >= 0.3 is 5.97 Å². The van der Waals surface area contributed by atoms with E-state index >= 15 is 0 Å². The van der Waals surface area contributed by atoms with Gasteiger partial charge < -0.3 is 9.84 Å². The molecule has 1 aromatic heterocycles. The second-order valence-electron chi connectivity index (χ2n) is 5.42. The van der Waals surface area contributed by atoms with Gasteiger partial charge in [0.15, 0.2) is 0 Å². The summed E-state index contributed by atoms with van der Waals surface area (Å²) in [6, 6.07) is 20.9. The zero-order valence-electron chi connectivity index (χ0n) is 13.5. The number of carboxylic acids is 1. The van der Waals surface area contributed by atoms with Crippen molar-refractivity contribution in [2.75, 3.05) is 0 Å². The number of hydrogen-bond acceptors (Lipinski definition) is 3. The summed E-state index contributed by atoms with van der Waals surface area (Å²) in [5.74, 6) is -0.201. The number of para-hydroxylation sites is 1. The summed E-state index contributed by atoms with van der Waals surface area (Å²) in [7, 11) is 0. The molecular weight excluding hydrogens is 314 g/mol. The first-order valence-electron chi connectivity index (χ1n) is 7.85. The molecule has 0 aliphatic heterocycles. The number of aromatic carboxylic acids is 1. The first kappa shape index (κ1) is 16.5. The van der Waals surface area contributed by atoms with Gasteiger partial charge in [0.1, 0.15) is 12.4 Å². The number of pyridine rings is 1. The van der Waals surface area contributed by atoms with Crippen LogP contribution in [0.1, 0.15) is 27.2 Å². The molecule has 3 aromatic rings. The van der Waals surface area contributed by atoms with Crippen LogP contribution >= 0.6 is 0 Å². The maximum Gasteiger partial charge on any atom is 0.337 e. The Hall–Kier alpha value is -3.40. The molecule has 4 nitrogen and oxygen atoms in total. The summed E-state index contributed by atoms with van der Waals surface area (Å²) in [5.41, 5.74) is 2.89. The predicted octanol–water partition coefficient (Wildman–Crippen LogP) is 4.53. The predicted molar refractivity (Wildman–Crippen MR) is 97.3 cm³/mol. The van der Waals surface area contributed by atoms with Crippen LogP contribution in [-0.2, 0) is 6.61 Å². The molecule has 0 saturated heterocycles. The number of aromatic nitrogens is 1. The van der Waals surface area contributed by atoms with Gasteiger partial charge in [-0.25, -0.2) is 4.79 Å². The zero-order valence-corrected chi connectivity index (χ0v) is 13.5. The molecule has 0 atom stereocenters. The molecule has 0 radical (unpaired) electrons. The molecule has 0 aliphatic carbocycles. The van der Waals surface area contributed by atoms with E-state index in [0.29, 0.717) is 12.3 Å². The van der Waals surface area contributed by atoms with Gasteiger partial charge in [0, 0.05) is 11.8 Å². The maximum atomic E-state index is 10.9. The molecule has 124 valence electrons. The van der Waals surface area contributed by atoms with E-state index in [2.05, 4.69) is 4.98 Å². The summed E-state index contributed by atoms with van der Waals surface area (Å²) < 4.78 is 5.91. The summed E-state index contributed by atoms with van der Waals surface area (Å²) >= 11 is 0. The molecule has 25 heavy (non-hydrogen) atoms. The first-order chi connectivity index (χ1) is 12.2. The van der Waals surface area contributed by atoms with Crippen molar-refractivity contribution in [1.82, 2.24) is 4.98 Å². The normalized spacial score (nSPS) is 10.7. The Bertz CT molecular complexity index is 871. The number of carbonyl (C=O) groups is 1. The minimum atomic E-state index is -0.984. The van der Waals surface area contributed by atoms with E-state index in [4.69, 9.17) is 9.84 Å². The molecule has 4 heteroatoms. The smallest absolute Gasteiger partial charge is 0.337 e. The molecule has 0 spiro atoms. The van der Waals surface area contributed by atoms with Gasteiger partial charge in [-0.15, -0.1) is 0 Å². The van der Waals surface area contributed by atoms with E-state index in [-0.39, 0.29) is 5.56 Å². The number of benzene rings is 2. The average Bonchev–Trinajstić information content (AvgIpc) is 2.66. The molecule has 0 unspecified atom stereocenters. The largest absolute Gasteiger partial charge is 0.488 e. The third kappa shape index (κ3) is 4.54. The third-order valence-corrected chi connectivity index (χ3v) is 3.62.